The van der Waals surface area contributed by atoms with Crippen molar-refractivity contribution in [2.75, 3.05) is 11.3 Å². The highest BCUT2D eigenvalue weighted by Crippen LogP contribution is 2.48. The second kappa shape index (κ2) is 11.6. The molecule has 38 heavy (non-hydrogen) atoms. The summed E-state index contributed by atoms with van der Waals surface area (Å²) in [5.41, 5.74) is 1.89. The zero-order chi connectivity index (χ0) is 28.0. The molecule has 0 aliphatic heterocycles. The Balaban J connectivity index is 0.000000505. The van der Waals surface area contributed by atoms with E-state index in [4.69, 9.17) is 9.90 Å². The van der Waals surface area contributed by atoms with Crippen molar-refractivity contribution in [3.05, 3.63) is 95.8 Å². The minimum Gasteiger partial charge on any atom is -0.475 e. The van der Waals surface area contributed by atoms with Crippen LogP contribution in [0.5, 0.6) is 0 Å². The summed E-state index contributed by atoms with van der Waals surface area (Å²) in [6, 6.07) is 21.5. The monoisotopic (exact) mass is 552 g/mol. The number of carbonyl (C=O) groups excluding carboxylic acids is 1. The molecular formula is C26H24F4N2O5S. The molecule has 1 saturated carbocycles. The summed E-state index contributed by atoms with van der Waals surface area (Å²) < 4.78 is 72.2. The third kappa shape index (κ3) is 7.54. The maximum absolute atomic E-state index is 13.0. The molecule has 0 unspecified atom stereocenters. The van der Waals surface area contributed by atoms with Gasteiger partial charge in [-0.15, -0.1) is 0 Å². The maximum Gasteiger partial charge on any atom is 0.490 e. The van der Waals surface area contributed by atoms with Crippen LogP contribution in [0.25, 0.3) is 0 Å². The first-order valence-corrected chi connectivity index (χ1v) is 12.8. The smallest absolute Gasteiger partial charge is 0.475 e. The first-order valence-electron chi connectivity index (χ1n) is 11.3. The number of benzene rings is 3. The average molecular weight is 553 g/mol. The van der Waals surface area contributed by atoms with Gasteiger partial charge in [-0.1, -0.05) is 42.5 Å². The van der Waals surface area contributed by atoms with Crippen LogP contribution in [0.3, 0.4) is 0 Å². The van der Waals surface area contributed by atoms with Crippen LogP contribution in [-0.4, -0.2) is 38.1 Å². The molecule has 0 spiro atoms. The second-order valence-electron chi connectivity index (χ2n) is 8.51. The van der Waals surface area contributed by atoms with Crippen molar-refractivity contribution in [3.8, 4) is 0 Å². The Morgan fingerprint density at radius 1 is 0.895 bits per heavy atom. The van der Waals surface area contributed by atoms with Crippen molar-refractivity contribution < 1.29 is 40.7 Å². The van der Waals surface area contributed by atoms with Gasteiger partial charge in [0.05, 0.1) is 10.3 Å². The molecule has 0 radical (unpaired) electrons. The van der Waals surface area contributed by atoms with Crippen LogP contribution in [-0.2, 0) is 31.4 Å². The van der Waals surface area contributed by atoms with Gasteiger partial charge >= 0.3 is 12.1 Å². The van der Waals surface area contributed by atoms with E-state index in [0.29, 0.717) is 12.2 Å². The van der Waals surface area contributed by atoms with Gasteiger partial charge in [-0.3, -0.25) is 9.52 Å². The van der Waals surface area contributed by atoms with E-state index in [-0.39, 0.29) is 10.8 Å². The van der Waals surface area contributed by atoms with Gasteiger partial charge < -0.3 is 10.4 Å². The highest BCUT2D eigenvalue weighted by molar-refractivity contribution is 7.92. The molecule has 3 N–H and O–H groups in total. The number of sulfonamides is 1. The number of carboxylic acid groups (broad SMARTS) is 1. The lowest BCUT2D eigenvalue weighted by Crippen LogP contribution is -2.35. The van der Waals surface area contributed by atoms with Gasteiger partial charge in [0.25, 0.3) is 10.0 Å². The number of hydrogen-bond acceptors (Lipinski definition) is 4. The molecule has 202 valence electrons. The van der Waals surface area contributed by atoms with Crippen LogP contribution in [0.15, 0.2) is 83.8 Å². The van der Waals surface area contributed by atoms with E-state index in [9.17, 15) is 30.8 Å². The summed E-state index contributed by atoms with van der Waals surface area (Å²) in [5.74, 6) is -3.25. The molecule has 7 nitrogen and oxygen atoms in total. The quantitative estimate of drug-likeness (QED) is 0.352. The zero-order valence-electron chi connectivity index (χ0n) is 19.8. The molecule has 1 aliphatic rings. The number of hydrogen-bond donors (Lipinski definition) is 3. The van der Waals surface area contributed by atoms with Crippen molar-refractivity contribution in [1.29, 1.82) is 0 Å². The molecule has 0 aromatic heterocycles. The Bertz CT molecular complexity index is 1360. The van der Waals surface area contributed by atoms with Crippen LogP contribution in [0.2, 0.25) is 0 Å². The molecule has 0 atom stereocenters. The van der Waals surface area contributed by atoms with Gasteiger partial charge in [0.1, 0.15) is 5.82 Å². The zero-order valence-corrected chi connectivity index (χ0v) is 20.7. The van der Waals surface area contributed by atoms with Crippen LogP contribution in [0.4, 0.5) is 23.2 Å². The van der Waals surface area contributed by atoms with E-state index in [1.807, 2.05) is 30.3 Å². The number of alkyl halides is 3. The topological polar surface area (TPSA) is 113 Å². The van der Waals surface area contributed by atoms with Crippen molar-refractivity contribution in [2.24, 2.45) is 0 Å². The van der Waals surface area contributed by atoms with Gasteiger partial charge in [0.15, 0.2) is 0 Å². The minimum atomic E-state index is -5.08. The summed E-state index contributed by atoms with van der Waals surface area (Å²) >= 11 is 0. The lowest BCUT2D eigenvalue weighted by Gasteiger charge is -2.17. The number of rotatable bonds is 8. The first kappa shape index (κ1) is 28.6. The number of amides is 1. The normalized spacial score (nSPS) is 14.0. The Labute approximate surface area is 216 Å². The molecule has 0 heterocycles. The van der Waals surface area contributed by atoms with E-state index in [0.717, 1.165) is 37.0 Å². The first-order chi connectivity index (χ1) is 17.8. The number of carbonyl (C=O) groups is 2. The Hall–Kier alpha value is -3.93. The van der Waals surface area contributed by atoms with Crippen LogP contribution >= 0.6 is 0 Å². The maximum atomic E-state index is 13.0. The lowest BCUT2D eigenvalue weighted by molar-refractivity contribution is -0.192. The third-order valence-electron chi connectivity index (χ3n) is 5.78. The summed E-state index contributed by atoms with van der Waals surface area (Å²) in [4.78, 5) is 21.7. The summed E-state index contributed by atoms with van der Waals surface area (Å²) in [7, 11) is -3.81. The van der Waals surface area contributed by atoms with E-state index < -0.39 is 33.4 Å². The fourth-order valence-electron chi connectivity index (χ4n) is 3.59. The minimum absolute atomic E-state index is 0.00285. The summed E-state index contributed by atoms with van der Waals surface area (Å²) in [6.07, 6.45) is -2.78. The lowest BCUT2D eigenvalue weighted by atomic mass is 9.94. The molecule has 12 heteroatoms. The van der Waals surface area contributed by atoms with Gasteiger partial charge in [-0.25, -0.2) is 17.6 Å². The van der Waals surface area contributed by atoms with Gasteiger partial charge in [-0.05, 0) is 66.8 Å². The third-order valence-corrected chi connectivity index (χ3v) is 7.18. The van der Waals surface area contributed by atoms with Crippen molar-refractivity contribution in [3.63, 3.8) is 0 Å². The average Bonchev–Trinajstić information content (AvgIpc) is 3.67. The fourth-order valence-corrected chi connectivity index (χ4v) is 4.65. The molecule has 1 fully saturated rings. The standard InChI is InChI=1S/C24H23FN2O3S.C2HF3O2/c25-20-8-12-22(13-9-20)31(29,30)27-21-10-6-19(7-11-21)24(15-16-24)23(28)26-17-14-18-4-2-1-3-5-18;3-2(4,5)1(6)7/h1-13,27H,14-17H2,(H,26,28);(H,6,7). The van der Waals surface area contributed by atoms with Crippen molar-refractivity contribution in [2.45, 2.75) is 35.7 Å². The predicted molar refractivity (Wildman–Crippen MR) is 131 cm³/mol. The van der Waals surface area contributed by atoms with Crippen LogP contribution < -0.4 is 10.0 Å². The van der Waals surface area contributed by atoms with Gasteiger partial charge in [0, 0.05) is 12.2 Å². The molecule has 0 bridgehead atoms. The molecule has 4 rings (SSSR count). The number of carboxylic acids is 1. The predicted octanol–water partition coefficient (Wildman–Crippen LogP) is 4.65. The highest BCUT2D eigenvalue weighted by Gasteiger charge is 2.51. The number of anilines is 1. The van der Waals surface area contributed by atoms with E-state index >= 15 is 0 Å². The highest BCUT2D eigenvalue weighted by atomic mass is 32.2. The number of halogens is 4. The molecule has 0 saturated heterocycles. The fraction of sp³-hybridized carbons (Fsp3) is 0.231. The van der Waals surface area contributed by atoms with Gasteiger partial charge in [-0.2, -0.15) is 13.2 Å². The second-order valence-corrected chi connectivity index (χ2v) is 10.2. The van der Waals surface area contributed by atoms with E-state index in [1.54, 1.807) is 24.3 Å². The number of aliphatic carboxylic acids is 1. The Kier molecular flexibility index (Phi) is 8.77. The number of nitrogens with one attached hydrogen (secondary N) is 2. The molecule has 3 aromatic carbocycles. The van der Waals surface area contributed by atoms with E-state index in [1.165, 1.54) is 17.7 Å². The Morgan fingerprint density at radius 3 is 1.95 bits per heavy atom. The molecule has 1 aliphatic carbocycles. The molecule has 3 aromatic rings. The summed E-state index contributed by atoms with van der Waals surface area (Å²) in [6.45, 7) is 0.570. The molecule has 1 amide bonds. The molecular weight excluding hydrogens is 528 g/mol. The van der Waals surface area contributed by atoms with E-state index in [2.05, 4.69) is 10.0 Å². The van der Waals surface area contributed by atoms with Crippen molar-refractivity contribution >= 4 is 27.6 Å². The largest absolute Gasteiger partial charge is 0.490 e. The van der Waals surface area contributed by atoms with Crippen molar-refractivity contribution in [1.82, 2.24) is 5.32 Å². The summed E-state index contributed by atoms with van der Waals surface area (Å²) in [5, 5.41) is 10.2. The SMILES string of the molecule is O=C(NCCc1ccccc1)C1(c2ccc(NS(=O)(=O)c3ccc(F)cc3)cc2)CC1.O=C(O)C(F)(F)F. The van der Waals surface area contributed by atoms with Crippen LogP contribution in [0, 0.1) is 5.82 Å². The van der Waals surface area contributed by atoms with Crippen LogP contribution in [0.1, 0.15) is 24.0 Å². The van der Waals surface area contributed by atoms with Gasteiger partial charge in [0.2, 0.25) is 5.91 Å². The Morgan fingerprint density at radius 2 is 1.45 bits per heavy atom.